The van der Waals surface area contributed by atoms with Crippen molar-refractivity contribution in [2.45, 2.75) is 6.18 Å². The lowest BCUT2D eigenvalue weighted by molar-refractivity contribution is -0.138. The van der Waals surface area contributed by atoms with Gasteiger partial charge >= 0.3 is 6.18 Å². The summed E-state index contributed by atoms with van der Waals surface area (Å²) < 4.78 is 36.7. The number of alkyl halides is 3. The quantitative estimate of drug-likeness (QED) is 0.658. The molecule has 0 bridgehead atoms. The van der Waals surface area contributed by atoms with E-state index in [1.165, 1.54) is 6.07 Å². The zero-order valence-electron chi connectivity index (χ0n) is 7.14. The van der Waals surface area contributed by atoms with Crippen molar-refractivity contribution in [1.29, 1.82) is 5.26 Å². The molecule has 1 aromatic rings. The van der Waals surface area contributed by atoms with Gasteiger partial charge in [0.2, 0.25) is 0 Å². The van der Waals surface area contributed by atoms with E-state index < -0.39 is 17.3 Å². The normalized spacial score (nSPS) is 10.0. The molecule has 0 saturated carbocycles. The molecule has 1 N–H and O–H groups in total. The first-order valence-corrected chi connectivity index (χ1v) is 3.65. The SMILES string of the molecule is N#CC#Cc1c[nH]c(=O)c(C(F)(F)F)c1. The molecule has 0 aromatic carbocycles. The monoisotopic (exact) mass is 212 g/mol. The van der Waals surface area contributed by atoms with Gasteiger partial charge in [-0.05, 0) is 12.0 Å². The molecule has 1 aromatic heterocycles. The third-order valence-corrected chi connectivity index (χ3v) is 1.47. The summed E-state index contributed by atoms with van der Waals surface area (Å²) in [7, 11) is 0. The fourth-order valence-electron chi connectivity index (χ4n) is 0.867. The van der Waals surface area contributed by atoms with Gasteiger partial charge in [-0.25, -0.2) is 0 Å². The Labute approximate surface area is 82.2 Å². The molecular weight excluding hydrogens is 209 g/mol. The molecule has 0 atom stereocenters. The van der Waals surface area contributed by atoms with Gasteiger partial charge in [0.05, 0.1) is 0 Å². The van der Waals surface area contributed by atoms with E-state index in [1.807, 2.05) is 10.9 Å². The van der Waals surface area contributed by atoms with Gasteiger partial charge in [0, 0.05) is 17.7 Å². The number of aromatic amines is 1. The first-order chi connectivity index (χ1) is 6.95. The Hall–Kier alpha value is -2.21. The maximum Gasteiger partial charge on any atom is 0.421 e. The van der Waals surface area contributed by atoms with Crippen LogP contribution < -0.4 is 5.56 Å². The topological polar surface area (TPSA) is 56.6 Å². The Morgan fingerprint density at radius 1 is 1.40 bits per heavy atom. The number of hydrogen-bond acceptors (Lipinski definition) is 2. The van der Waals surface area contributed by atoms with Gasteiger partial charge in [-0.1, -0.05) is 0 Å². The molecule has 0 radical (unpaired) electrons. The highest BCUT2D eigenvalue weighted by molar-refractivity contribution is 5.38. The van der Waals surface area contributed by atoms with Crippen LogP contribution in [0.2, 0.25) is 0 Å². The number of nitriles is 1. The highest BCUT2D eigenvalue weighted by atomic mass is 19.4. The lowest BCUT2D eigenvalue weighted by Gasteiger charge is -2.04. The molecular formula is C9H3F3N2O. The Bertz CT molecular complexity index is 525. The fourth-order valence-corrected chi connectivity index (χ4v) is 0.867. The third-order valence-electron chi connectivity index (χ3n) is 1.47. The molecule has 15 heavy (non-hydrogen) atoms. The van der Waals surface area contributed by atoms with Crippen LogP contribution in [0.4, 0.5) is 13.2 Å². The minimum atomic E-state index is -4.72. The van der Waals surface area contributed by atoms with Gasteiger partial charge in [0.25, 0.3) is 5.56 Å². The average molecular weight is 212 g/mol. The highest BCUT2D eigenvalue weighted by Crippen LogP contribution is 2.26. The molecule has 0 aliphatic heterocycles. The summed E-state index contributed by atoms with van der Waals surface area (Å²) in [5, 5.41) is 8.09. The number of halogens is 3. The minimum absolute atomic E-state index is 0.0662. The third kappa shape index (κ3) is 2.61. The first kappa shape index (κ1) is 10.9. The first-order valence-electron chi connectivity index (χ1n) is 3.65. The van der Waals surface area contributed by atoms with Crippen molar-refractivity contribution in [3.8, 4) is 17.9 Å². The van der Waals surface area contributed by atoms with Crippen LogP contribution in [0.3, 0.4) is 0 Å². The Balaban J connectivity index is 3.31. The molecule has 0 spiro atoms. The summed E-state index contributed by atoms with van der Waals surface area (Å²) in [4.78, 5) is 12.7. The van der Waals surface area contributed by atoms with Gasteiger partial charge in [0.15, 0.2) is 6.07 Å². The zero-order valence-corrected chi connectivity index (χ0v) is 7.14. The van der Waals surface area contributed by atoms with Gasteiger partial charge < -0.3 is 4.98 Å². The van der Waals surface area contributed by atoms with Gasteiger partial charge in [-0.3, -0.25) is 4.79 Å². The van der Waals surface area contributed by atoms with Crippen LogP contribution in [0.5, 0.6) is 0 Å². The van der Waals surface area contributed by atoms with Crippen LogP contribution in [0.15, 0.2) is 17.1 Å². The molecule has 1 heterocycles. The van der Waals surface area contributed by atoms with E-state index in [2.05, 4.69) is 5.92 Å². The average Bonchev–Trinajstić information content (AvgIpc) is 2.15. The number of nitrogens with one attached hydrogen (secondary N) is 1. The van der Waals surface area contributed by atoms with Gasteiger partial charge in [-0.2, -0.15) is 18.4 Å². The molecule has 1 rings (SSSR count). The molecule has 0 aliphatic rings. The lowest BCUT2D eigenvalue weighted by atomic mass is 10.2. The maximum absolute atomic E-state index is 12.2. The van der Waals surface area contributed by atoms with Crippen molar-refractivity contribution in [2.75, 3.05) is 0 Å². The summed E-state index contributed by atoms with van der Waals surface area (Å²) in [5.41, 5.74) is -2.62. The Morgan fingerprint density at radius 2 is 2.07 bits per heavy atom. The molecule has 0 amide bonds. The van der Waals surface area contributed by atoms with E-state index >= 15 is 0 Å². The number of hydrogen-bond donors (Lipinski definition) is 1. The van der Waals surface area contributed by atoms with Crippen molar-refractivity contribution in [3.63, 3.8) is 0 Å². The minimum Gasteiger partial charge on any atom is -0.327 e. The molecule has 0 saturated heterocycles. The maximum atomic E-state index is 12.2. The molecule has 6 heteroatoms. The van der Waals surface area contributed by atoms with E-state index in [0.717, 1.165) is 6.20 Å². The largest absolute Gasteiger partial charge is 0.421 e. The number of H-pyrrole nitrogens is 1. The molecule has 0 aliphatic carbocycles. The second-order valence-electron chi connectivity index (χ2n) is 2.49. The summed E-state index contributed by atoms with van der Waals surface area (Å²) in [5.74, 6) is 4.08. The van der Waals surface area contributed by atoms with Gasteiger partial charge in [-0.15, -0.1) is 0 Å². The van der Waals surface area contributed by atoms with E-state index in [4.69, 9.17) is 5.26 Å². The summed E-state index contributed by atoms with van der Waals surface area (Å²) >= 11 is 0. The van der Waals surface area contributed by atoms with Crippen molar-refractivity contribution < 1.29 is 13.2 Å². The predicted octanol–water partition coefficient (Wildman–Crippen LogP) is 1.27. The van der Waals surface area contributed by atoms with Crippen LogP contribution in [-0.4, -0.2) is 4.98 Å². The second-order valence-corrected chi connectivity index (χ2v) is 2.49. The van der Waals surface area contributed by atoms with Crippen LogP contribution in [0.25, 0.3) is 0 Å². The van der Waals surface area contributed by atoms with Gasteiger partial charge in [0.1, 0.15) is 5.56 Å². The van der Waals surface area contributed by atoms with Crippen molar-refractivity contribution in [3.05, 3.63) is 33.7 Å². The smallest absolute Gasteiger partial charge is 0.327 e. The van der Waals surface area contributed by atoms with Crippen LogP contribution in [0, 0.1) is 23.2 Å². The fraction of sp³-hybridized carbons (Fsp3) is 0.111. The summed E-state index contributed by atoms with van der Waals surface area (Å²) in [6.45, 7) is 0. The molecule has 3 nitrogen and oxygen atoms in total. The lowest BCUT2D eigenvalue weighted by Crippen LogP contribution is -2.21. The number of rotatable bonds is 0. The Morgan fingerprint density at radius 3 is 2.60 bits per heavy atom. The van der Waals surface area contributed by atoms with Crippen LogP contribution >= 0.6 is 0 Å². The van der Waals surface area contributed by atoms with Crippen molar-refractivity contribution in [1.82, 2.24) is 4.98 Å². The van der Waals surface area contributed by atoms with Crippen molar-refractivity contribution >= 4 is 0 Å². The van der Waals surface area contributed by atoms with Crippen LogP contribution in [0.1, 0.15) is 11.1 Å². The summed E-state index contributed by atoms with van der Waals surface area (Å²) in [6.07, 6.45) is -3.71. The molecule has 0 unspecified atom stereocenters. The van der Waals surface area contributed by atoms with Crippen LogP contribution in [-0.2, 0) is 6.18 Å². The second kappa shape index (κ2) is 3.89. The Kier molecular flexibility index (Phi) is 2.82. The van der Waals surface area contributed by atoms with E-state index in [0.29, 0.717) is 6.07 Å². The zero-order chi connectivity index (χ0) is 11.5. The van der Waals surface area contributed by atoms with Crippen molar-refractivity contribution in [2.24, 2.45) is 0 Å². The van der Waals surface area contributed by atoms with E-state index in [-0.39, 0.29) is 5.56 Å². The molecule has 0 fully saturated rings. The van der Waals surface area contributed by atoms with E-state index in [1.54, 1.807) is 0 Å². The number of aromatic nitrogens is 1. The predicted molar refractivity (Wildman–Crippen MR) is 44.6 cm³/mol. The molecule has 76 valence electrons. The number of nitrogens with zero attached hydrogens (tertiary/aromatic N) is 1. The van der Waals surface area contributed by atoms with E-state index in [9.17, 15) is 18.0 Å². The standard InChI is InChI=1S/C9H3F3N2O/c10-9(11,12)7-4-6(2-1-3-13)5-14-8(7)15/h4-5H,(H,14,15). The number of pyridine rings is 1. The highest BCUT2D eigenvalue weighted by Gasteiger charge is 2.33. The summed E-state index contributed by atoms with van der Waals surface area (Å²) in [6, 6.07) is 2.05.